The molecule has 1 atom stereocenters. The van der Waals surface area contributed by atoms with E-state index in [1.807, 2.05) is 30.3 Å². The lowest BCUT2D eigenvalue weighted by molar-refractivity contribution is 0.0917. The molecule has 0 fully saturated rings. The Morgan fingerprint density at radius 1 is 1.24 bits per heavy atom. The minimum absolute atomic E-state index is 0.195. The van der Waals surface area contributed by atoms with Gasteiger partial charge in [0.1, 0.15) is 5.75 Å². The number of amides is 1. The lowest BCUT2D eigenvalue weighted by atomic mass is 10.1. The zero-order chi connectivity index (χ0) is 15.2. The maximum absolute atomic E-state index is 12.3. The zero-order valence-electron chi connectivity index (χ0n) is 11.7. The van der Waals surface area contributed by atoms with Crippen LogP contribution in [0.2, 0.25) is 0 Å². The van der Waals surface area contributed by atoms with E-state index in [0.717, 1.165) is 5.56 Å². The number of hydrogen-bond donors (Lipinski definition) is 3. The summed E-state index contributed by atoms with van der Waals surface area (Å²) in [4.78, 5) is 12.3. The molecular formula is C16H18N2O3. The number of aliphatic hydroxyl groups excluding tert-OH is 1. The molecule has 21 heavy (non-hydrogen) atoms. The Hall–Kier alpha value is -2.53. The molecule has 5 heteroatoms. The maximum Gasteiger partial charge on any atom is 0.254 e. The second-order valence-corrected chi connectivity index (χ2v) is 4.54. The van der Waals surface area contributed by atoms with Crippen molar-refractivity contribution in [2.45, 2.75) is 6.04 Å². The van der Waals surface area contributed by atoms with E-state index in [2.05, 4.69) is 5.32 Å². The summed E-state index contributed by atoms with van der Waals surface area (Å²) in [6.07, 6.45) is 0. The van der Waals surface area contributed by atoms with Crippen molar-refractivity contribution in [3.8, 4) is 5.75 Å². The number of carbonyl (C=O) groups excluding carboxylic acids is 1. The van der Waals surface area contributed by atoms with Crippen LogP contribution in [0.15, 0.2) is 48.5 Å². The molecule has 1 amide bonds. The van der Waals surface area contributed by atoms with Gasteiger partial charge in [-0.1, -0.05) is 36.4 Å². The molecule has 0 aliphatic carbocycles. The van der Waals surface area contributed by atoms with Gasteiger partial charge in [0.2, 0.25) is 0 Å². The molecule has 0 aliphatic rings. The van der Waals surface area contributed by atoms with Gasteiger partial charge in [-0.2, -0.15) is 0 Å². The standard InChI is InChI=1S/C16H18N2O3/c1-21-14-9-5-8-12(15(14)17)16(20)18-13(10-19)11-6-3-2-4-7-11/h2-9,13,19H,10,17H2,1H3,(H,18,20)/t13-/m1/s1. The van der Waals surface area contributed by atoms with Crippen LogP contribution in [0.5, 0.6) is 5.75 Å². The van der Waals surface area contributed by atoms with Crippen molar-refractivity contribution in [1.82, 2.24) is 5.32 Å². The Morgan fingerprint density at radius 2 is 1.95 bits per heavy atom. The van der Waals surface area contributed by atoms with Crippen molar-refractivity contribution in [2.75, 3.05) is 19.5 Å². The van der Waals surface area contributed by atoms with Crippen LogP contribution in [-0.2, 0) is 0 Å². The predicted molar refractivity (Wildman–Crippen MR) is 81.1 cm³/mol. The smallest absolute Gasteiger partial charge is 0.254 e. The van der Waals surface area contributed by atoms with Crippen LogP contribution >= 0.6 is 0 Å². The molecule has 0 bridgehead atoms. The Morgan fingerprint density at radius 3 is 2.57 bits per heavy atom. The number of para-hydroxylation sites is 1. The molecule has 2 aromatic rings. The van der Waals surface area contributed by atoms with Crippen molar-refractivity contribution >= 4 is 11.6 Å². The topological polar surface area (TPSA) is 84.6 Å². The predicted octanol–water partition coefficient (Wildman–Crippen LogP) is 1.74. The molecule has 0 saturated heterocycles. The first kappa shape index (κ1) is 14.9. The molecule has 5 nitrogen and oxygen atoms in total. The van der Waals surface area contributed by atoms with Crippen LogP contribution in [-0.4, -0.2) is 24.7 Å². The van der Waals surface area contributed by atoms with Crippen LogP contribution in [0.25, 0.3) is 0 Å². The second kappa shape index (κ2) is 6.76. The molecule has 0 unspecified atom stereocenters. The Balaban J connectivity index is 2.21. The number of nitrogen functional groups attached to an aromatic ring is 1. The molecule has 0 radical (unpaired) electrons. The van der Waals surface area contributed by atoms with E-state index >= 15 is 0 Å². The fourth-order valence-electron chi connectivity index (χ4n) is 2.08. The van der Waals surface area contributed by atoms with Gasteiger partial charge < -0.3 is 20.9 Å². The third-order valence-corrected chi connectivity index (χ3v) is 3.22. The van der Waals surface area contributed by atoms with E-state index < -0.39 is 6.04 Å². The fourth-order valence-corrected chi connectivity index (χ4v) is 2.08. The largest absolute Gasteiger partial charge is 0.495 e. The number of hydrogen-bond acceptors (Lipinski definition) is 4. The molecular weight excluding hydrogens is 268 g/mol. The summed E-state index contributed by atoms with van der Waals surface area (Å²) in [5.41, 5.74) is 7.33. The lowest BCUT2D eigenvalue weighted by Crippen LogP contribution is -2.31. The van der Waals surface area contributed by atoms with Gasteiger partial charge in [0.15, 0.2) is 0 Å². The van der Waals surface area contributed by atoms with E-state index in [0.29, 0.717) is 11.3 Å². The monoisotopic (exact) mass is 286 g/mol. The number of carbonyl (C=O) groups is 1. The first-order valence-corrected chi connectivity index (χ1v) is 6.56. The van der Waals surface area contributed by atoms with E-state index in [9.17, 15) is 9.90 Å². The first-order chi connectivity index (χ1) is 10.2. The zero-order valence-corrected chi connectivity index (χ0v) is 11.7. The summed E-state index contributed by atoms with van der Waals surface area (Å²) in [5, 5.41) is 12.2. The molecule has 0 aliphatic heterocycles. The first-order valence-electron chi connectivity index (χ1n) is 6.56. The number of methoxy groups -OCH3 is 1. The normalized spacial score (nSPS) is 11.7. The SMILES string of the molecule is COc1cccc(C(=O)N[C@H](CO)c2ccccc2)c1N. The summed E-state index contributed by atoms with van der Waals surface area (Å²) in [7, 11) is 1.49. The van der Waals surface area contributed by atoms with Crippen molar-refractivity contribution in [3.05, 3.63) is 59.7 Å². The third kappa shape index (κ3) is 3.32. The average molecular weight is 286 g/mol. The molecule has 2 aromatic carbocycles. The minimum atomic E-state index is -0.482. The van der Waals surface area contributed by atoms with E-state index in [1.165, 1.54) is 7.11 Å². The highest BCUT2D eigenvalue weighted by atomic mass is 16.5. The van der Waals surface area contributed by atoms with Crippen molar-refractivity contribution in [1.29, 1.82) is 0 Å². The molecule has 0 aromatic heterocycles. The highest BCUT2D eigenvalue weighted by Gasteiger charge is 2.18. The maximum atomic E-state index is 12.3. The van der Waals surface area contributed by atoms with Crippen molar-refractivity contribution in [3.63, 3.8) is 0 Å². The molecule has 0 spiro atoms. The minimum Gasteiger partial charge on any atom is -0.495 e. The highest BCUT2D eigenvalue weighted by molar-refractivity contribution is 6.00. The van der Waals surface area contributed by atoms with Crippen molar-refractivity contribution < 1.29 is 14.6 Å². The molecule has 2 rings (SSSR count). The number of anilines is 1. The number of rotatable bonds is 5. The van der Waals surface area contributed by atoms with Gasteiger partial charge >= 0.3 is 0 Å². The highest BCUT2D eigenvalue weighted by Crippen LogP contribution is 2.25. The summed E-state index contributed by atoms with van der Waals surface area (Å²) >= 11 is 0. The second-order valence-electron chi connectivity index (χ2n) is 4.54. The van der Waals surface area contributed by atoms with Crippen LogP contribution in [0.1, 0.15) is 22.0 Å². The summed E-state index contributed by atoms with van der Waals surface area (Å²) in [6.45, 7) is -0.195. The van der Waals surface area contributed by atoms with Gasteiger partial charge in [-0.05, 0) is 17.7 Å². The summed E-state index contributed by atoms with van der Waals surface area (Å²) in [6, 6.07) is 13.8. The van der Waals surface area contributed by atoms with Crippen LogP contribution in [0.3, 0.4) is 0 Å². The number of ether oxygens (including phenoxy) is 1. The summed E-state index contributed by atoms with van der Waals surface area (Å²) < 4.78 is 5.10. The van der Waals surface area contributed by atoms with Gasteiger partial charge in [0.05, 0.1) is 31.0 Å². The Labute approximate surface area is 123 Å². The van der Waals surface area contributed by atoms with Gasteiger partial charge in [0, 0.05) is 0 Å². The van der Waals surface area contributed by atoms with Gasteiger partial charge in [0.25, 0.3) is 5.91 Å². The van der Waals surface area contributed by atoms with Crippen molar-refractivity contribution in [2.24, 2.45) is 0 Å². The quantitative estimate of drug-likeness (QED) is 0.731. The summed E-state index contributed by atoms with van der Waals surface area (Å²) in [5.74, 6) is 0.0946. The van der Waals surface area contributed by atoms with Gasteiger partial charge in [-0.3, -0.25) is 4.79 Å². The number of benzene rings is 2. The van der Waals surface area contributed by atoms with E-state index in [1.54, 1.807) is 18.2 Å². The van der Waals surface area contributed by atoms with E-state index in [4.69, 9.17) is 10.5 Å². The number of nitrogens with two attached hydrogens (primary N) is 1. The third-order valence-electron chi connectivity index (χ3n) is 3.22. The van der Waals surface area contributed by atoms with Gasteiger partial charge in [-0.15, -0.1) is 0 Å². The molecule has 110 valence electrons. The fraction of sp³-hybridized carbons (Fsp3) is 0.188. The van der Waals surface area contributed by atoms with Crippen LogP contribution in [0.4, 0.5) is 5.69 Å². The lowest BCUT2D eigenvalue weighted by Gasteiger charge is -2.18. The Kier molecular flexibility index (Phi) is 4.79. The number of nitrogens with one attached hydrogen (secondary N) is 1. The van der Waals surface area contributed by atoms with Crippen LogP contribution in [0, 0.1) is 0 Å². The average Bonchev–Trinajstić information content (AvgIpc) is 2.53. The van der Waals surface area contributed by atoms with Crippen LogP contribution < -0.4 is 15.8 Å². The Bertz CT molecular complexity index is 614. The molecule has 4 N–H and O–H groups in total. The van der Waals surface area contributed by atoms with Gasteiger partial charge in [-0.25, -0.2) is 0 Å². The van der Waals surface area contributed by atoms with E-state index in [-0.39, 0.29) is 18.2 Å². The molecule has 0 heterocycles. The molecule has 0 saturated carbocycles. The number of aliphatic hydroxyl groups is 1.